The number of carbonyl (C=O) groups is 1. The third-order valence-electron chi connectivity index (χ3n) is 4.87. The van der Waals surface area contributed by atoms with Crippen molar-refractivity contribution in [2.24, 2.45) is 0 Å². The van der Waals surface area contributed by atoms with Crippen molar-refractivity contribution in [2.45, 2.75) is 51.7 Å². The zero-order valence-corrected chi connectivity index (χ0v) is 13.9. The summed E-state index contributed by atoms with van der Waals surface area (Å²) in [4.78, 5) is 11.1. The van der Waals surface area contributed by atoms with Crippen LogP contribution in [0.25, 0.3) is 0 Å². The number of hydrogen-bond acceptors (Lipinski definition) is 4. The zero-order valence-electron chi connectivity index (χ0n) is 13.9. The second-order valence-corrected chi connectivity index (χ2v) is 6.62. The first-order chi connectivity index (χ1) is 10.8. The summed E-state index contributed by atoms with van der Waals surface area (Å²) in [5.41, 5.74) is 3.45. The van der Waals surface area contributed by atoms with Crippen molar-refractivity contribution in [2.75, 3.05) is 11.9 Å². The third-order valence-corrected chi connectivity index (χ3v) is 4.87. The van der Waals surface area contributed by atoms with E-state index in [1.807, 2.05) is 0 Å². The van der Waals surface area contributed by atoms with Crippen LogP contribution in [-0.2, 0) is 6.42 Å². The molecule has 2 unspecified atom stereocenters. The Morgan fingerprint density at radius 2 is 2.04 bits per heavy atom. The average Bonchev–Trinajstić information content (AvgIpc) is 2.51. The van der Waals surface area contributed by atoms with Crippen molar-refractivity contribution >= 4 is 11.7 Å². The number of allylic oxidation sites excluding steroid dienone is 2. The molecule has 0 saturated heterocycles. The summed E-state index contributed by atoms with van der Waals surface area (Å²) in [5.74, 6) is -0.986. The predicted octanol–water partition coefficient (Wildman–Crippen LogP) is 2.58. The van der Waals surface area contributed by atoms with Crippen LogP contribution in [0, 0.1) is 0 Å². The Morgan fingerprint density at radius 3 is 2.61 bits per heavy atom. The quantitative estimate of drug-likeness (QED) is 0.626. The van der Waals surface area contributed by atoms with Crippen molar-refractivity contribution in [1.82, 2.24) is 0 Å². The minimum absolute atomic E-state index is 0.176. The molecule has 4 N–H and O–H groups in total. The van der Waals surface area contributed by atoms with Crippen LogP contribution in [0.3, 0.4) is 0 Å². The molecule has 5 nitrogen and oxygen atoms in total. The van der Waals surface area contributed by atoms with Gasteiger partial charge in [-0.25, -0.2) is 4.79 Å². The molecule has 126 valence electrons. The van der Waals surface area contributed by atoms with Crippen LogP contribution in [0.1, 0.15) is 49.5 Å². The number of nitrogens with one attached hydrogen (secondary N) is 1. The van der Waals surface area contributed by atoms with E-state index in [9.17, 15) is 15.0 Å². The number of aromatic carboxylic acids is 1. The summed E-state index contributed by atoms with van der Waals surface area (Å²) in [6.45, 7) is 5.98. The molecule has 0 amide bonds. The van der Waals surface area contributed by atoms with E-state index in [1.54, 1.807) is 12.1 Å². The van der Waals surface area contributed by atoms with Gasteiger partial charge >= 0.3 is 5.97 Å². The third kappa shape index (κ3) is 3.57. The fraction of sp³-hybridized carbons (Fsp3) is 0.500. The Hall–Kier alpha value is -1.85. The van der Waals surface area contributed by atoms with Crippen LogP contribution in [0.15, 0.2) is 29.3 Å². The maximum Gasteiger partial charge on any atom is 0.335 e. The maximum absolute atomic E-state index is 11.1. The Bertz CT molecular complexity index is 634. The maximum atomic E-state index is 11.1. The van der Waals surface area contributed by atoms with Crippen molar-refractivity contribution < 1.29 is 20.1 Å². The molecule has 23 heavy (non-hydrogen) atoms. The van der Waals surface area contributed by atoms with Crippen molar-refractivity contribution in [3.63, 3.8) is 0 Å². The molecule has 2 rings (SSSR count). The van der Waals surface area contributed by atoms with Gasteiger partial charge in [-0.05, 0) is 57.4 Å². The molecule has 0 aliphatic carbocycles. The Balaban J connectivity index is 2.27. The number of fused-ring (bicyclic) bond motifs is 1. The van der Waals surface area contributed by atoms with Gasteiger partial charge in [0.1, 0.15) is 0 Å². The van der Waals surface area contributed by atoms with E-state index >= 15 is 0 Å². The smallest absolute Gasteiger partial charge is 0.335 e. The van der Waals surface area contributed by atoms with E-state index in [0.717, 1.165) is 17.7 Å². The van der Waals surface area contributed by atoms with Crippen molar-refractivity contribution in [3.8, 4) is 0 Å². The fourth-order valence-corrected chi connectivity index (χ4v) is 2.89. The van der Waals surface area contributed by atoms with E-state index < -0.39 is 17.6 Å². The molecule has 1 aliphatic heterocycles. The lowest BCUT2D eigenvalue weighted by molar-refractivity contribution is 0.0464. The number of aliphatic hydroxyl groups excluding tert-OH is 2. The molecule has 0 saturated carbocycles. The topological polar surface area (TPSA) is 89.8 Å². The molecule has 5 heteroatoms. The first-order valence-corrected chi connectivity index (χ1v) is 7.85. The molecule has 0 spiro atoms. The largest absolute Gasteiger partial charge is 0.478 e. The van der Waals surface area contributed by atoms with Crippen LogP contribution in [0.2, 0.25) is 0 Å². The van der Waals surface area contributed by atoms with E-state index in [4.69, 9.17) is 5.11 Å². The number of anilines is 1. The van der Waals surface area contributed by atoms with Gasteiger partial charge in [-0.15, -0.1) is 0 Å². The zero-order chi connectivity index (χ0) is 17.2. The molecule has 0 fully saturated rings. The molecule has 0 radical (unpaired) electrons. The van der Waals surface area contributed by atoms with Gasteiger partial charge in [-0.2, -0.15) is 0 Å². The predicted molar refractivity (Wildman–Crippen MR) is 89.8 cm³/mol. The van der Waals surface area contributed by atoms with Gasteiger partial charge in [0, 0.05) is 12.1 Å². The van der Waals surface area contributed by atoms with Crippen molar-refractivity contribution in [1.29, 1.82) is 0 Å². The minimum Gasteiger partial charge on any atom is -0.478 e. The molecule has 2 atom stereocenters. The van der Waals surface area contributed by atoms with Crippen LogP contribution < -0.4 is 5.32 Å². The average molecular weight is 319 g/mol. The number of aliphatic hydroxyl groups is 2. The summed E-state index contributed by atoms with van der Waals surface area (Å²) in [7, 11) is 0. The summed E-state index contributed by atoms with van der Waals surface area (Å²) in [6, 6.07) is 4.83. The first-order valence-electron chi connectivity index (χ1n) is 7.85. The second kappa shape index (κ2) is 6.72. The highest BCUT2D eigenvalue weighted by Gasteiger charge is 2.41. The Labute approximate surface area is 136 Å². The number of carboxylic acids is 1. The van der Waals surface area contributed by atoms with Crippen LogP contribution >= 0.6 is 0 Å². The lowest BCUT2D eigenvalue weighted by atomic mass is 9.79. The van der Waals surface area contributed by atoms with E-state index in [1.165, 1.54) is 17.2 Å². The van der Waals surface area contributed by atoms with Gasteiger partial charge in [-0.1, -0.05) is 11.1 Å². The molecular weight excluding hydrogens is 294 g/mol. The van der Waals surface area contributed by atoms with Crippen LogP contribution in [-0.4, -0.2) is 39.5 Å². The summed E-state index contributed by atoms with van der Waals surface area (Å²) < 4.78 is 0. The van der Waals surface area contributed by atoms with Crippen LogP contribution in [0.4, 0.5) is 5.69 Å². The highest BCUT2D eigenvalue weighted by molar-refractivity contribution is 5.88. The van der Waals surface area contributed by atoms with Gasteiger partial charge in [0.2, 0.25) is 0 Å². The van der Waals surface area contributed by atoms with E-state index in [0.29, 0.717) is 12.8 Å². The first kappa shape index (κ1) is 17.5. The van der Waals surface area contributed by atoms with E-state index in [2.05, 4.69) is 26.1 Å². The standard InChI is InChI=1S/C18H25NO4/c1-11(2)12(3)6-7-18(10-20)16(21)9-14-8-13(17(22)23)4-5-15(14)19-18/h4-5,8,16,19-21H,6-7,9-10H2,1-3H3,(H,22,23). The molecule has 1 aromatic rings. The van der Waals surface area contributed by atoms with Gasteiger partial charge in [0.05, 0.1) is 23.8 Å². The van der Waals surface area contributed by atoms with Gasteiger partial charge in [0.15, 0.2) is 0 Å². The number of benzene rings is 1. The van der Waals surface area contributed by atoms with E-state index in [-0.39, 0.29) is 12.2 Å². The molecule has 1 heterocycles. The lowest BCUT2D eigenvalue weighted by Crippen LogP contribution is -2.55. The minimum atomic E-state index is -0.986. The van der Waals surface area contributed by atoms with Gasteiger partial charge in [-0.3, -0.25) is 0 Å². The normalized spacial score (nSPS) is 22.9. The van der Waals surface area contributed by atoms with Crippen LogP contribution in [0.5, 0.6) is 0 Å². The number of carboxylic acid groups (broad SMARTS) is 1. The van der Waals surface area contributed by atoms with Gasteiger partial charge < -0.3 is 20.6 Å². The highest BCUT2D eigenvalue weighted by Crippen LogP contribution is 2.35. The summed E-state index contributed by atoms with van der Waals surface area (Å²) in [5, 5.41) is 32.8. The fourth-order valence-electron chi connectivity index (χ4n) is 2.89. The Kier molecular flexibility index (Phi) is 5.12. The monoisotopic (exact) mass is 319 g/mol. The molecular formula is C18H25NO4. The highest BCUT2D eigenvalue weighted by atomic mass is 16.4. The SMILES string of the molecule is CC(C)=C(C)CCC1(CO)Nc2ccc(C(=O)O)cc2CC1O. The lowest BCUT2D eigenvalue weighted by Gasteiger charge is -2.43. The number of hydrogen-bond donors (Lipinski definition) is 4. The van der Waals surface area contributed by atoms with Gasteiger partial charge in [0.25, 0.3) is 0 Å². The second-order valence-electron chi connectivity index (χ2n) is 6.62. The summed E-state index contributed by atoms with van der Waals surface area (Å²) >= 11 is 0. The molecule has 1 aromatic carbocycles. The Morgan fingerprint density at radius 1 is 1.35 bits per heavy atom. The number of rotatable bonds is 5. The molecule has 0 aromatic heterocycles. The van der Waals surface area contributed by atoms with Crippen molar-refractivity contribution in [3.05, 3.63) is 40.5 Å². The summed E-state index contributed by atoms with van der Waals surface area (Å²) in [6.07, 6.45) is 0.962. The molecule has 1 aliphatic rings. The molecule has 0 bridgehead atoms.